The van der Waals surface area contributed by atoms with Crippen molar-refractivity contribution < 1.29 is 14.3 Å². The fraction of sp³-hybridized carbons (Fsp3) is 0.292. The molecule has 3 rings (SSSR count). The number of hydrogen-bond acceptors (Lipinski definition) is 5. The van der Waals surface area contributed by atoms with E-state index >= 15 is 0 Å². The Balaban J connectivity index is 1.92. The van der Waals surface area contributed by atoms with Crippen LogP contribution in [0.5, 0.6) is 5.75 Å². The van der Waals surface area contributed by atoms with Gasteiger partial charge in [0.1, 0.15) is 5.75 Å². The number of amides is 2. The number of rotatable bonds is 6. The number of imide groups is 1. The van der Waals surface area contributed by atoms with E-state index in [1.165, 1.54) is 4.90 Å². The van der Waals surface area contributed by atoms with Gasteiger partial charge in [0.15, 0.2) is 0 Å². The monoisotopic (exact) mass is 420 g/mol. The predicted octanol–water partition coefficient (Wildman–Crippen LogP) is 5.63. The molecule has 154 valence electrons. The van der Waals surface area contributed by atoms with Gasteiger partial charge in [0, 0.05) is 0 Å². The second-order valence-electron chi connectivity index (χ2n) is 7.37. The Morgan fingerprint density at radius 3 is 2.63 bits per heavy atom. The minimum Gasteiger partial charge on any atom is -0.494 e. The van der Waals surface area contributed by atoms with E-state index in [1.807, 2.05) is 26.0 Å². The van der Waals surface area contributed by atoms with E-state index in [-0.39, 0.29) is 23.6 Å². The third-order valence-corrected chi connectivity index (χ3v) is 5.85. The van der Waals surface area contributed by atoms with E-state index < -0.39 is 0 Å². The fourth-order valence-corrected chi connectivity index (χ4v) is 4.15. The summed E-state index contributed by atoms with van der Waals surface area (Å²) < 4.78 is 5.77. The molecule has 0 aliphatic carbocycles. The normalized spacial score (nSPS) is 15.2. The van der Waals surface area contributed by atoms with Crippen molar-refractivity contribution >= 4 is 29.0 Å². The SMILES string of the molecule is CCOc1cc(C)c(/C=C2/SC(=O)N(Cc3ccccc3C#N)C2=O)cc1C(C)C. The first-order chi connectivity index (χ1) is 14.3. The number of nitriles is 1. The van der Waals surface area contributed by atoms with Gasteiger partial charge in [-0.25, -0.2) is 0 Å². The molecule has 0 aromatic heterocycles. The van der Waals surface area contributed by atoms with Gasteiger partial charge in [0.25, 0.3) is 11.1 Å². The summed E-state index contributed by atoms with van der Waals surface area (Å²) in [7, 11) is 0. The first-order valence-electron chi connectivity index (χ1n) is 9.86. The summed E-state index contributed by atoms with van der Waals surface area (Å²) in [4.78, 5) is 27.0. The van der Waals surface area contributed by atoms with Crippen LogP contribution in [0.1, 0.15) is 54.5 Å². The van der Waals surface area contributed by atoms with Crippen LogP contribution in [0.3, 0.4) is 0 Å². The van der Waals surface area contributed by atoms with Crippen molar-refractivity contribution in [3.63, 3.8) is 0 Å². The van der Waals surface area contributed by atoms with Gasteiger partial charge in [-0.15, -0.1) is 0 Å². The molecule has 0 N–H and O–H groups in total. The summed E-state index contributed by atoms with van der Waals surface area (Å²) in [5.74, 6) is 0.775. The van der Waals surface area contributed by atoms with Crippen LogP contribution >= 0.6 is 11.8 Å². The van der Waals surface area contributed by atoms with E-state index in [1.54, 1.807) is 30.3 Å². The van der Waals surface area contributed by atoms with Crippen molar-refractivity contribution in [3.05, 3.63) is 69.1 Å². The molecule has 0 saturated carbocycles. The molecular weight excluding hydrogens is 396 g/mol. The number of aryl methyl sites for hydroxylation is 1. The minimum atomic E-state index is -0.336. The molecule has 2 aromatic rings. The molecule has 1 aliphatic heterocycles. The van der Waals surface area contributed by atoms with Crippen LogP contribution in [0.15, 0.2) is 41.3 Å². The maximum atomic E-state index is 12.9. The van der Waals surface area contributed by atoms with Crippen LogP contribution in [0.4, 0.5) is 4.79 Å². The Morgan fingerprint density at radius 2 is 1.97 bits per heavy atom. The Hall–Kier alpha value is -3.04. The summed E-state index contributed by atoms with van der Waals surface area (Å²) >= 11 is 0.931. The highest BCUT2D eigenvalue weighted by atomic mass is 32.2. The van der Waals surface area contributed by atoms with E-state index in [0.717, 1.165) is 34.2 Å². The standard InChI is InChI=1S/C24H24N2O3S/c1-5-29-21-10-16(4)19(11-20(21)15(2)3)12-22-23(27)26(24(28)30-22)14-18-9-7-6-8-17(18)13-25/h6-12,15H,5,14H2,1-4H3/b22-12+. The first kappa shape index (κ1) is 21.7. The molecule has 0 atom stereocenters. The first-order valence-corrected chi connectivity index (χ1v) is 10.7. The smallest absolute Gasteiger partial charge is 0.293 e. The number of thioether (sulfide) groups is 1. The average molecular weight is 421 g/mol. The van der Waals surface area contributed by atoms with Gasteiger partial charge in [-0.2, -0.15) is 5.26 Å². The molecule has 30 heavy (non-hydrogen) atoms. The topological polar surface area (TPSA) is 70.4 Å². The largest absolute Gasteiger partial charge is 0.494 e. The number of benzene rings is 2. The number of carbonyl (C=O) groups is 2. The van der Waals surface area contributed by atoms with Crippen LogP contribution < -0.4 is 4.74 Å². The zero-order chi connectivity index (χ0) is 21.8. The quantitative estimate of drug-likeness (QED) is 0.567. The molecule has 1 heterocycles. The Morgan fingerprint density at radius 1 is 1.23 bits per heavy atom. The number of nitrogens with zero attached hydrogens (tertiary/aromatic N) is 2. The zero-order valence-electron chi connectivity index (χ0n) is 17.6. The summed E-state index contributed by atoms with van der Waals surface area (Å²) in [5, 5.41) is 8.94. The lowest BCUT2D eigenvalue weighted by atomic mass is 9.96. The van der Waals surface area contributed by atoms with Crippen LogP contribution in [0.2, 0.25) is 0 Å². The molecule has 1 saturated heterocycles. The zero-order valence-corrected chi connectivity index (χ0v) is 18.4. The van der Waals surface area contributed by atoms with Crippen LogP contribution in [-0.2, 0) is 11.3 Å². The predicted molar refractivity (Wildman–Crippen MR) is 119 cm³/mol. The lowest BCUT2D eigenvalue weighted by molar-refractivity contribution is -0.123. The maximum Gasteiger partial charge on any atom is 0.293 e. The van der Waals surface area contributed by atoms with Crippen molar-refractivity contribution in [1.29, 1.82) is 5.26 Å². The minimum absolute atomic E-state index is 0.0885. The highest BCUT2D eigenvalue weighted by Gasteiger charge is 2.35. The highest BCUT2D eigenvalue weighted by molar-refractivity contribution is 8.18. The van der Waals surface area contributed by atoms with Crippen molar-refractivity contribution in [1.82, 2.24) is 4.90 Å². The molecule has 0 spiro atoms. The second-order valence-corrected chi connectivity index (χ2v) is 8.36. The van der Waals surface area contributed by atoms with Crippen molar-refractivity contribution in [2.24, 2.45) is 0 Å². The van der Waals surface area contributed by atoms with E-state index in [9.17, 15) is 14.9 Å². The molecule has 1 fully saturated rings. The van der Waals surface area contributed by atoms with Gasteiger partial charge in [0.05, 0.1) is 29.7 Å². The van der Waals surface area contributed by atoms with Gasteiger partial charge in [-0.3, -0.25) is 14.5 Å². The second kappa shape index (κ2) is 9.19. The van der Waals surface area contributed by atoms with Crippen molar-refractivity contribution in [2.45, 2.75) is 40.2 Å². The van der Waals surface area contributed by atoms with Gasteiger partial charge >= 0.3 is 0 Å². The molecule has 2 amide bonds. The number of ether oxygens (including phenoxy) is 1. The van der Waals surface area contributed by atoms with Gasteiger partial charge in [-0.05, 0) is 78.1 Å². The summed E-state index contributed by atoms with van der Waals surface area (Å²) in [6.07, 6.45) is 1.78. The molecule has 5 nitrogen and oxygen atoms in total. The summed E-state index contributed by atoms with van der Waals surface area (Å²) in [5.41, 5.74) is 4.05. The third kappa shape index (κ3) is 4.42. The Bertz CT molecular complexity index is 1070. The molecular formula is C24H24N2O3S. The Labute approximate surface area is 181 Å². The van der Waals surface area contributed by atoms with E-state index in [2.05, 4.69) is 19.9 Å². The third-order valence-electron chi connectivity index (χ3n) is 4.95. The van der Waals surface area contributed by atoms with Crippen molar-refractivity contribution in [3.8, 4) is 11.8 Å². The average Bonchev–Trinajstić information content (AvgIpc) is 2.97. The molecule has 0 bridgehead atoms. The van der Waals surface area contributed by atoms with E-state index in [0.29, 0.717) is 22.6 Å². The van der Waals surface area contributed by atoms with Crippen LogP contribution in [-0.4, -0.2) is 22.7 Å². The lowest BCUT2D eigenvalue weighted by Crippen LogP contribution is -2.27. The van der Waals surface area contributed by atoms with Crippen LogP contribution in [0.25, 0.3) is 6.08 Å². The molecule has 0 unspecified atom stereocenters. The van der Waals surface area contributed by atoms with Gasteiger partial charge in [-0.1, -0.05) is 32.0 Å². The van der Waals surface area contributed by atoms with Gasteiger partial charge < -0.3 is 4.74 Å². The van der Waals surface area contributed by atoms with Gasteiger partial charge in [0.2, 0.25) is 0 Å². The fourth-order valence-electron chi connectivity index (χ4n) is 3.32. The molecule has 6 heteroatoms. The highest BCUT2D eigenvalue weighted by Crippen LogP contribution is 2.36. The maximum absolute atomic E-state index is 12.9. The molecule has 2 aromatic carbocycles. The molecule has 0 radical (unpaired) electrons. The number of hydrogen-bond donors (Lipinski definition) is 0. The Kier molecular flexibility index (Phi) is 6.63. The van der Waals surface area contributed by atoms with E-state index in [4.69, 9.17) is 4.74 Å². The summed E-state index contributed by atoms with van der Waals surface area (Å²) in [6.45, 7) is 8.78. The lowest BCUT2D eigenvalue weighted by Gasteiger charge is -2.16. The molecule has 1 aliphatic rings. The summed E-state index contributed by atoms with van der Waals surface area (Å²) in [6, 6.07) is 13.1. The van der Waals surface area contributed by atoms with Crippen LogP contribution in [0, 0.1) is 18.3 Å². The van der Waals surface area contributed by atoms with Crippen molar-refractivity contribution in [2.75, 3.05) is 6.61 Å². The number of carbonyl (C=O) groups excluding carboxylic acids is 2.